The smallest absolute Gasteiger partial charge is 0.211 e. The standard InChI is InChI=1S/C31H56N2O6S/c1-9-20-24(39-19(2)16-33(40(8,37)38)18-26(3,4)36)25(35)31(32)22-11-10-21-27(5,6)23(34)12-13-29(21)17-30(22,29)15-14-28(20,31)7/h19-25,34-36H,9-18,32H2,1-8H3. The number of hydrogen-bond acceptors (Lipinski definition) is 7. The molecule has 0 aliphatic heterocycles. The van der Waals surface area contributed by atoms with Crippen molar-refractivity contribution in [2.45, 2.75) is 135 Å². The minimum Gasteiger partial charge on any atom is -0.393 e. The maximum absolute atomic E-state index is 12.5. The van der Waals surface area contributed by atoms with E-state index in [4.69, 9.17) is 10.5 Å². The van der Waals surface area contributed by atoms with E-state index in [1.54, 1.807) is 13.8 Å². The SMILES string of the molecule is CCC1C(OC(C)CN(CC(C)(C)O)S(C)(=O)=O)C(O)C2(N)C3CCC4C(C)(C)C(O)CCC45CC35CCC12C. The third kappa shape index (κ3) is 4.15. The van der Waals surface area contributed by atoms with Crippen LogP contribution in [0.15, 0.2) is 0 Å². The lowest BCUT2D eigenvalue weighted by atomic mass is 9.44. The first kappa shape index (κ1) is 31.1. The van der Waals surface area contributed by atoms with Gasteiger partial charge in [-0.1, -0.05) is 34.1 Å². The van der Waals surface area contributed by atoms with Crippen molar-refractivity contribution in [3.05, 3.63) is 0 Å². The summed E-state index contributed by atoms with van der Waals surface area (Å²) in [5, 5.41) is 33.4. The van der Waals surface area contributed by atoms with Crippen LogP contribution in [-0.2, 0) is 14.8 Å². The first-order valence-electron chi connectivity index (χ1n) is 15.7. The van der Waals surface area contributed by atoms with Gasteiger partial charge >= 0.3 is 0 Å². The Hall–Kier alpha value is -0.290. The lowest BCUT2D eigenvalue weighted by Gasteiger charge is -2.62. The summed E-state index contributed by atoms with van der Waals surface area (Å²) in [4.78, 5) is 0. The summed E-state index contributed by atoms with van der Waals surface area (Å²) in [7, 11) is -3.56. The molecule has 0 radical (unpaired) electrons. The van der Waals surface area contributed by atoms with Crippen LogP contribution < -0.4 is 5.73 Å². The van der Waals surface area contributed by atoms with Gasteiger partial charge in [0.05, 0.1) is 41.8 Å². The van der Waals surface area contributed by atoms with Crippen molar-refractivity contribution in [2.75, 3.05) is 19.3 Å². The second-order valence-corrected chi connectivity index (χ2v) is 18.1. The third-order valence-corrected chi connectivity index (χ3v) is 14.4. The zero-order chi connectivity index (χ0) is 29.9. The van der Waals surface area contributed by atoms with Gasteiger partial charge in [0.1, 0.15) is 0 Å². The molecule has 8 nitrogen and oxygen atoms in total. The predicted octanol–water partition coefficient (Wildman–Crippen LogP) is 3.27. The van der Waals surface area contributed by atoms with E-state index in [9.17, 15) is 23.7 Å². The van der Waals surface area contributed by atoms with E-state index >= 15 is 0 Å². The van der Waals surface area contributed by atoms with Gasteiger partial charge in [-0.2, -0.15) is 4.31 Å². The third-order valence-electron chi connectivity index (χ3n) is 13.2. The Morgan fingerprint density at radius 2 is 1.65 bits per heavy atom. The number of fused-ring (bicyclic) bond motifs is 2. The molecule has 5 fully saturated rings. The van der Waals surface area contributed by atoms with Gasteiger partial charge < -0.3 is 25.8 Å². The number of rotatable bonds is 8. The molecule has 0 heterocycles. The summed E-state index contributed by atoms with van der Waals surface area (Å²) in [5.74, 6) is 0.750. The maximum atomic E-state index is 12.5. The van der Waals surface area contributed by atoms with E-state index < -0.39 is 39.5 Å². The predicted molar refractivity (Wildman–Crippen MR) is 156 cm³/mol. The molecular weight excluding hydrogens is 528 g/mol. The Kier molecular flexibility index (Phi) is 7.28. The monoisotopic (exact) mass is 584 g/mol. The largest absolute Gasteiger partial charge is 0.393 e. The normalized spacial score (nSPS) is 48.6. The highest BCUT2D eigenvalue weighted by atomic mass is 32.2. The zero-order valence-electron chi connectivity index (χ0n) is 26.1. The molecule has 40 heavy (non-hydrogen) atoms. The molecule has 11 unspecified atom stereocenters. The fourth-order valence-electron chi connectivity index (χ4n) is 11.3. The molecule has 0 amide bonds. The molecule has 5 aliphatic rings. The summed E-state index contributed by atoms with van der Waals surface area (Å²) >= 11 is 0. The van der Waals surface area contributed by atoms with E-state index in [1.165, 1.54) is 4.31 Å². The van der Waals surface area contributed by atoms with E-state index in [0.29, 0.717) is 5.92 Å². The van der Waals surface area contributed by atoms with E-state index in [2.05, 4.69) is 27.7 Å². The molecule has 0 bridgehead atoms. The van der Waals surface area contributed by atoms with Crippen LogP contribution in [0.2, 0.25) is 0 Å². The van der Waals surface area contributed by atoms with Crippen molar-refractivity contribution in [3.8, 4) is 0 Å². The molecule has 5 saturated carbocycles. The van der Waals surface area contributed by atoms with Crippen molar-refractivity contribution >= 4 is 10.0 Å². The van der Waals surface area contributed by atoms with Gasteiger partial charge in [0.25, 0.3) is 0 Å². The average molecular weight is 585 g/mol. The number of nitrogens with zero attached hydrogens (tertiary/aromatic N) is 1. The number of hydrogen-bond donors (Lipinski definition) is 4. The number of aliphatic hydroxyl groups is 3. The van der Waals surface area contributed by atoms with Crippen LogP contribution in [0.25, 0.3) is 0 Å². The summed E-state index contributed by atoms with van der Waals surface area (Å²) in [5.41, 5.74) is 5.58. The summed E-state index contributed by atoms with van der Waals surface area (Å²) in [6.45, 7) is 14.0. The van der Waals surface area contributed by atoms with Gasteiger partial charge in [0.15, 0.2) is 0 Å². The lowest BCUT2D eigenvalue weighted by Crippen LogP contribution is -2.70. The Labute approximate surface area is 242 Å². The van der Waals surface area contributed by atoms with Crippen LogP contribution in [0.4, 0.5) is 0 Å². The highest BCUT2D eigenvalue weighted by Crippen LogP contribution is 2.87. The minimum atomic E-state index is -3.56. The summed E-state index contributed by atoms with van der Waals surface area (Å²) in [6, 6.07) is 0. The van der Waals surface area contributed by atoms with Crippen LogP contribution in [0.1, 0.15) is 99.8 Å². The minimum absolute atomic E-state index is 0.0264. The zero-order valence-corrected chi connectivity index (χ0v) is 26.9. The molecule has 11 atom stereocenters. The number of ether oxygens (including phenoxy) is 1. The van der Waals surface area contributed by atoms with Crippen LogP contribution in [-0.4, -0.2) is 82.9 Å². The molecular formula is C31H56N2O6S. The second-order valence-electron chi connectivity index (χ2n) is 16.1. The quantitative estimate of drug-likeness (QED) is 0.344. The first-order chi connectivity index (χ1) is 18.2. The summed E-state index contributed by atoms with van der Waals surface area (Å²) in [6.07, 6.45) is 7.06. The number of sulfonamides is 1. The molecule has 5 aliphatic carbocycles. The molecule has 0 aromatic rings. The summed E-state index contributed by atoms with van der Waals surface area (Å²) < 4.78 is 32.9. The van der Waals surface area contributed by atoms with Gasteiger partial charge in [-0.3, -0.25) is 0 Å². The van der Waals surface area contributed by atoms with Crippen LogP contribution in [0.3, 0.4) is 0 Å². The van der Waals surface area contributed by atoms with Crippen LogP contribution >= 0.6 is 0 Å². The lowest BCUT2D eigenvalue weighted by molar-refractivity contribution is -0.153. The Bertz CT molecular complexity index is 1110. The van der Waals surface area contributed by atoms with Gasteiger partial charge in [0.2, 0.25) is 10.0 Å². The average Bonchev–Trinajstić information content (AvgIpc) is 3.46. The Balaban J connectivity index is 1.42. The fourth-order valence-corrected chi connectivity index (χ4v) is 12.4. The maximum Gasteiger partial charge on any atom is 0.211 e. The van der Waals surface area contributed by atoms with Gasteiger partial charge in [-0.05, 0) is 105 Å². The van der Waals surface area contributed by atoms with Gasteiger partial charge in [-0.15, -0.1) is 0 Å². The number of aliphatic hydroxyl groups excluding tert-OH is 2. The van der Waals surface area contributed by atoms with Crippen molar-refractivity contribution in [1.29, 1.82) is 0 Å². The van der Waals surface area contributed by atoms with Gasteiger partial charge in [0, 0.05) is 13.1 Å². The van der Waals surface area contributed by atoms with Crippen molar-refractivity contribution in [3.63, 3.8) is 0 Å². The van der Waals surface area contributed by atoms with Crippen LogP contribution in [0, 0.1) is 39.4 Å². The van der Waals surface area contributed by atoms with Crippen molar-refractivity contribution in [1.82, 2.24) is 4.31 Å². The number of nitrogens with two attached hydrogens (primary N) is 1. The molecule has 5 rings (SSSR count). The second kappa shape index (κ2) is 9.35. The van der Waals surface area contributed by atoms with Gasteiger partial charge in [-0.25, -0.2) is 8.42 Å². The van der Waals surface area contributed by atoms with E-state index in [0.717, 1.165) is 57.6 Å². The van der Waals surface area contributed by atoms with Crippen molar-refractivity contribution < 1.29 is 28.5 Å². The highest BCUT2D eigenvalue weighted by molar-refractivity contribution is 7.88. The van der Waals surface area contributed by atoms with E-state index in [-0.39, 0.29) is 52.7 Å². The topological polar surface area (TPSA) is 133 Å². The molecule has 232 valence electrons. The fraction of sp³-hybridized carbons (Fsp3) is 1.00. The molecule has 9 heteroatoms. The highest BCUT2D eigenvalue weighted by Gasteiger charge is 2.84. The van der Waals surface area contributed by atoms with Crippen LogP contribution in [0.5, 0.6) is 0 Å². The molecule has 0 saturated heterocycles. The van der Waals surface area contributed by atoms with Crippen molar-refractivity contribution in [2.24, 2.45) is 45.1 Å². The first-order valence-corrected chi connectivity index (χ1v) is 17.5. The molecule has 5 N–H and O–H groups in total. The molecule has 0 aromatic carbocycles. The molecule has 2 spiro atoms. The Morgan fingerprint density at radius 3 is 2.23 bits per heavy atom. The Morgan fingerprint density at radius 1 is 1.05 bits per heavy atom. The van der Waals surface area contributed by atoms with E-state index in [1.807, 2.05) is 6.92 Å². The molecule has 0 aromatic heterocycles.